The van der Waals surface area contributed by atoms with Crippen LogP contribution >= 0.6 is 45.5 Å². The van der Waals surface area contributed by atoms with Crippen molar-refractivity contribution in [2.75, 3.05) is 34.0 Å². The van der Waals surface area contributed by atoms with Gasteiger partial charge < -0.3 is 28.4 Å². The summed E-state index contributed by atoms with van der Waals surface area (Å²) in [5, 5.41) is 0.310. The van der Waals surface area contributed by atoms with E-state index in [1.54, 1.807) is 57.2 Å². The van der Waals surface area contributed by atoms with Gasteiger partial charge in [0, 0.05) is 3.57 Å². The average molecular weight is 833 g/mol. The summed E-state index contributed by atoms with van der Waals surface area (Å²) in [5.74, 6) is 0.233. The van der Waals surface area contributed by atoms with E-state index in [1.165, 1.54) is 30.1 Å². The number of aromatic nitrogens is 1. The number of hydrogen-bond donors (Lipinski definition) is 0. The van der Waals surface area contributed by atoms with E-state index >= 15 is 0 Å². The summed E-state index contributed by atoms with van der Waals surface area (Å²) < 4.78 is 36.2. The first kappa shape index (κ1) is 36.9. The summed E-state index contributed by atoms with van der Waals surface area (Å²) in [7, 11) is 2.78. The Bertz CT molecular complexity index is 2130. The first-order chi connectivity index (χ1) is 24.1. The molecule has 0 saturated carbocycles. The predicted octanol–water partition coefficient (Wildman–Crippen LogP) is 5.59. The Balaban J connectivity index is 1.58. The number of methoxy groups -OCH3 is 2. The average Bonchev–Trinajstić information content (AvgIpc) is 3.40. The van der Waals surface area contributed by atoms with E-state index < -0.39 is 18.0 Å². The summed E-state index contributed by atoms with van der Waals surface area (Å²) in [5.41, 5.74) is 2.34. The summed E-state index contributed by atoms with van der Waals surface area (Å²) in [6.07, 6.45) is 1.69. The minimum absolute atomic E-state index is 0.129. The van der Waals surface area contributed by atoms with Crippen molar-refractivity contribution >= 4 is 63.5 Å². The van der Waals surface area contributed by atoms with E-state index in [0.29, 0.717) is 60.8 Å². The number of nitrogens with zero attached hydrogens (tertiary/aromatic N) is 2. The fourth-order valence-electron chi connectivity index (χ4n) is 5.24. The molecule has 1 aromatic heterocycles. The van der Waals surface area contributed by atoms with E-state index in [0.717, 1.165) is 9.13 Å². The van der Waals surface area contributed by atoms with Gasteiger partial charge in [0.1, 0.15) is 6.61 Å². The largest absolute Gasteiger partial charge is 0.493 e. The molecule has 4 aromatic rings. The topological polar surface area (TPSA) is 124 Å². The Labute approximate surface area is 310 Å². The number of allylic oxidation sites excluding steroid dienone is 1. The lowest BCUT2D eigenvalue weighted by atomic mass is 9.95. The number of rotatable bonds is 13. The number of fused-ring (bicyclic) bond motifs is 1. The number of halogens is 2. The van der Waals surface area contributed by atoms with Crippen molar-refractivity contribution < 1.29 is 38.0 Å². The molecule has 0 N–H and O–H groups in total. The van der Waals surface area contributed by atoms with Crippen LogP contribution in [0.1, 0.15) is 43.5 Å². The van der Waals surface area contributed by atoms with Crippen LogP contribution < -0.4 is 33.8 Å². The lowest BCUT2D eigenvalue weighted by Crippen LogP contribution is -2.40. The maximum absolute atomic E-state index is 14.2. The van der Waals surface area contributed by atoms with Crippen molar-refractivity contribution in [2.45, 2.75) is 33.4 Å². The smallest absolute Gasteiger partial charge is 0.343 e. The van der Waals surface area contributed by atoms with Crippen LogP contribution in [-0.4, -0.2) is 50.5 Å². The molecule has 1 atom stereocenters. The predicted molar refractivity (Wildman–Crippen MR) is 197 cm³/mol. The molecule has 0 bridgehead atoms. The van der Waals surface area contributed by atoms with Gasteiger partial charge in [-0.05, 0) is 103 Å². The zero-order valence-corrected chi connectivity index (χ0v) is 31.6. The second-order valence-corrected chi connectivity index (χ2v) is 13.4. The van der Waals surface area contributed by atoms with Crippen molar-refractivity contribution in [3.63, 3.8) is 0 Å². The summed E-state index contributed by atoms with van der Waals surface area (Å²) in [6.45, 7) is 5.59. The van der Waals surface area contributed by atoms with E-state index in [2.05, 4.69) is 32.3 Å². The number of ether oxygens (including phenoxy) is 6. The number of esters is 2. The molecule has 50 heavy (non-hydrogen) atoms. The molecule has 0 radical (unpaired) electrons. The van der Waals surface area contributed by atoms with Gasteiger partial charge >= 0.3 is 11.9 Å². The van der Waals surface area contributed by atoms with Crippen molar-refractivity contribution in [1.29, 1.82) is 0 Å². The molecule has 0 aliphatic carbocycles. The van der Waals surface area contributed by atoms with E-state index in [9.17, 15) is 14.4 Å². The molecule has 0 spiro atoms. The zero-order valence-electron chi connectivity index (χ0n) is 27.9. The van der Waals surface area contributed by atoms with Crippen LogP contribution in [0.25, 0.3) is 6.08 Å². The maximum atomic E-state index is 14.2. The number of carbonyl (C=O) groups is 2. The Morgan fingerprint density at radius 1 is 0.980 bits per heavy atom. The molecule has 3 aromatic carbocycles. The second-order valence-electron chi connectivity index (χ2n) is 10.8. The third-order valence-corrected chi connectivity index (χ3v) is 9.50. The van der Waals surface area contributed by atoms with E-state index in [1.807, 2.05) is 24.3 Å². The lowest BCUT2D eigenvalue weighted by Gasteiger charge is -2.25. The van der Waals surface area contributed by atoms with Gasteiger partial charge in [0.25, 0.3) is 5.56 Å². The minimum Gasteiger partial charge on any atom is -0.493 e. The molecule has 0 amide bonds. The number of hydrogen-bond acceptors (Lipinski definition) is 11. The van der Waals surface area contributed by atoms with Gasteiger partial charge in [0.05, 0.1) is 54.3 Å². The van der Waals surface area contributed by atoms with Crippen LogP contribution in [0.4, 0.5) is 0 Å². The van der Waals surface area contributed by atoms with Gasteiger partial charge in [0.2, 0.25) is 0 Å². The molecule has 1 aliphatic rings. The normalized spacial score (nSPS) is 14.1. The fourth-order valence-corrected chi connectivity index (χ4v) is 6.92. The Kier molecular flexibility index (Phi) is 12.2. The molecular formula is C36H34ClIN2O9S. The van der Waals surface area contributed by atoms with Gasteiger partial charge in [-0.3, -0.25) is 9.36 Å². The molecular weight excluding hydrogens is 799 g/mol. The SMILES string of the molecule is CCOC(=O)C1=C(C)N=c2s/c(=C\c3cc(Cl)c(OCc4ccc(I)cc4)c(OC)c3)c(=O)n2[C@H]1c1ccc(OCC(=O)OC)c(OCC)c1. The fraction of sp³-hybridized carbons (Fsp3) is 0.278. The van der Waals surface area contributed by atoms with Crippen LogP contribution in [0.5, 0.6) is 23.0 Å². The van der Waals surface area contributed by atoms with Gasteiger partial charge in [-0.2, -0.15) is 0 Å². The Morgan fingerprint density at radius 3 is 2.42 bits per heavy atom. The quantitative estimate of drug-likeness (QED) is 0.125. The highest BCUT2D eigenvalue weighted by Crippen LogP contribution is 2.38. The summed E-state index contributed by atoms with van der Waals surface area (Å²) in [6, 6.07) is 15.5. The van der Waals surface area contributed by atoms with Gasteiger partial charge in [-0.1, -0.05) is 41.1 Å². The van der Waals surface area contributed by atoms with E-state index in [-0.39, 0.29) is 31.0 Å². The van der Waals surface area contributed by atoms with Crippen molar-refractivity contribution in [2.24, 2.45) is 4.99 Å². The Hall–Kier alpha value is -4.34. The van der Waals surface area contributed by atoms with Crippen molar-refractivity contribution in [1.82, 2.24) is 4.57 Å². The third kappa shape index (κ3) is 8.16. The highest BCUT2D eigenvalue weighted by atomic mass is 127. The number of thiazole rings is 1. The van der Waals surface area contributed by atoms with Gasteiger partial charge in [0.15, 0.2) is 34.4 Å². The lowest BCUT2D eigenvalue weighted by molar-refractivity contribution is -0.143. The molecule has 5 rings (SSSR count). The Morgan fingerprint density at radius 2 is 1.74 bits per heavy atom. The maximum Gasteiger partial charge on any atom is 0.343 e. The number of carbonyl (C=O) groups excluding carboxylic acids is 2. The first-order valence-electron chi connectivity index (χ1n) is 15.5. The van der Waals surface area contributed by atoms with Gasteiger partial charge in [-0.15, -0.1) is 0 Å². The molecule has 0 saturated heterocycles. The van der Waals surface area contributed by atoms with Crippen LogP contribution in [0.15, 0.2) is 75.7 Å². The summed E-state index contributed by atoms with van der Waals surface area (Å²) in [4.78, 5) is 44.4. The highest BCUT2D eigenvalue weighted by Gasteiger charge is 2.34. The molecule has 14 heteroatoms. The monoisotopic (exact) mass is 832 g/mol. The molecule has 2 heterocycles. The highest BCUT2D eigenvalue weighted by molar-refractivity contribution is 14.1. The first-order valence-corrected chi connectivity index (χ1v) is 17.8. The van der Waals surface area contributed by atoms with E-state index in [4.69, 9.17) is 35.3 Å². The molecule has 0 fully saturated rings. The van der Waals surface area contributed by atoms with Gasteiger partial charge in [-0.25, -0.2) is 14.6 Å². The molecule has 0 unspecified atom stereocenters. The van der Waals surface area contributed by atoms with Crippen LogP contribution in [-0.2, 0) is 25.7 Å². The third-order valence-electron chi connectivity index (χ3n) is 7.52. The molecule has 11 nitrogen and oxygen atoms in total. The van der Waals surface area contributed by atoms with Crippen molar-refractivity contribution in [3.8, 4) is 23.0 Å². The zero-order chi connectivity index (χ0) is 35.9. The summed E-state index contributed by atoms with van der Waals surface area (Å²) >= 11 is 10.1. The number of benzene rings is 3. The second kappa shape index (κ2) is 16.6. The minimum atomic E-state index is -0.906. The van der Waals surface area contributed by atoms with Crippen LogP contribution in [0.3, 0.4) is 0 Å². The van der Waals surface area contributed by atoms with Crippen LogP contribution in [0, 0.1) is 3.57 Å². The van der Waals surface area contributed by atoms with Crippen LogP contribution in [0.2, 0.25) is 5.02 Å². The molecule has 262 valence electrons. The van der Waals surface area contributed by atoms with Crippen molar-refractivity contribution in [3.05, 3.63) is 111 Å². The standard InChI is InChI=1S/C36H34ClIN2O9S/c1-6-46-27-17-23(10-13-26(27)48-19-30(41)45-5)32-31(35(43)47-7-2)20(3)39-36-40(32)34(42)29(50-36)16-22-14-25(37)33(28(15-22)44-4)49-18-21-8-11-24(38)12-9-21/h8-17,32H,6-7,18-19H2,1-5H3/b29-16-/t32-/m0/s1. The molecule has 1 aliphatic heterocycles.